The van der Waals surface area contributed by atoms with E-state index in [-0.39, 0.29) is 13.2 Å². The molecule has 0 saturated carbocycles. The van der Waals surface area contributed by atoms with Crippen LogP contribution in [-0.2, 0) is 6.61 Å². The Labute approximate surface area is 95.7 Å². The molecular formula is C12H19NO3. The molecule has 0 aliphatic heterocycles. The van der Waals surface area contributed by atoms with Crippen LogP contribution in [0.1, 0.15) is 18.9 Å². The van der Waals surface area contributed by atoms with Crippen molar-refractivity contribution in [1.82, 2.24) is 0 Å². The Kier molecular flexibility index (Phi) is 4.73. The van der Waals surface area contributed by atoms with Gasteiger partial charge in [-0.2, -0.15) is 0 Å². The minimum Gasteiger partial charge on any atom is -0.493 e. The number of aliphatic hydroxyl groups is 2. The second-order valence-corrected chi connectivity index (χ2v) is 4.10. The first kappa shape index (κ1) is 13.0. The number of aliphatic hydroxyl groups excluding tert-OH is 1. The van der Waals surface area contributed by atoms with Crippen LogP contribution in [0.15, 0.2) is 24.3 Å². The Morgan fingerprint density at radius 2 is 1.94 bits per heavy atom. The van der Waals surface area contributed by atoms with Crippen LogP contribution in [0.5, 0.6) is 5.75 Å². The fourth-order valence-electron chi connectivity index (χ4n) is 1.18. The Morgan fingerprint density at radius 1 is 1.31 bits per heavy atom. The van der Waals surface area contributed by atoms with Gasteiger partial charge in [-0.3, -0.25) is 0 Å². The van der Waals surface area contributed by atoms with Crippen LogP contribution in [0, 0.1) is 0 Å². The molecule has 1 unspecified atom stereocenters. The van der Waals surface area contributed by atoms with E-state index in [2.05, 4.69) is 0 Å². The van der Waals surface area contributed by atoms with Gasteiger partial charge in [-0.15, -0.1) is 0 Å². The molecule has 0 aliphatic rings. The summed E-state index contributed by atoms with van der Waals surface area (Å²) in [5.41, 5.74) is 5.37. The van der Waals surface area contributed by atoms with Gasteiger partial charge in [0.05, 0.1) is 18.8 Å². The van der Waals surface area contributed by atoms with E-state index in [1.807, 2.05) is 0 Å². The minimum absolute atomic E-state index is 0.0299. The van der Waals surface area contributed by atoms with Crippen LogP contribution >= 0.6 is 0 Å². The Balaban J connectivity index is 2.37. The molecule has 0 amide bonds. The summed E-state index contributed by atoms with van der Waals surface area (Å²) in [6.07, 6.45) is 0.491. The van der Waals surface area contributed by atoms with Crippen molar-refractivity contribution >= 4 is 0 Å². The van der Waals surface area contributed by atoms with Gasteiger partial charge in [0.1, 0.15) is 5.75 Å². The highest BCUT2D eigenvalue weighted by Gasteiger charge is 2.17. The lowest BCUT2D eigenvalue weighted by molar-refractivity contribution is 0.0453. The number of nitrogens with two attached hydrogens (primary N) is 1. The first-order chi connectivity index (χ1) is 7.57. The summed E-state index contributed by atoms with van der Waals surface area (Å²) in [4.78, 5) is 0. The van der Waals surface area contributed by atoms with Gasteiger partial charge < -0.3 is 20.7 Å². The molecule has 0 saturated heterocycles. The van der Waals surface area contributed by atoms with E-state index < -0.39 is 5.60 Å². The van der Waals surface area contributed by atoms with Crippen LogP contribution < -0.4 is 10.5 Å². The van der Waals surface area contributed by atoms with Crippen LogP contribution in [0.4, 0.5) is 0 Å². The van der Waals surface area contributed by atoms with E-state index in [1.165, 1.54) is 0 Å². The topological polar surface area (TPSA) is 75.7 Å². The fraction of sp³-hybridized carbons (Fsp3) is 0.500. The first-order valence-electron chi connectivity index (χ1n) is 5.32. The van der Waals surface area contributed by atoms with Gasteiger partial charge in [0, 0.05) is 13.0 Å². The van der Waals surface area contributed by atoms with Gasteiger partial charge in [-0.1, -0.05) is 12.1 Å². The molecule has 0 spiro atoms. The van der Waals surface area contributed by atoms with Crippen LogP contribution in [0.3, 0.4) is 0 Å². The van der Waals surface area contributed by atoms with Gasteiger partial charge in [0.2, 0.25) is 0 Å². The zero-order valence-electron chi connectivity index (χ0n) is 9.52. The molecule has 0 heterocycles. The molecule has 90 valence electrons. The average molecular weight is 225 g/mol. The zero-order valence-corrected chi connectivity index (χ0v) is 9.52. The maximum atomic E-state index is 9.65. The number of benzene rings is 1. The van der Waals surface area contributed by atoms with Gasteiger partial charge in [0.25, 0.3) is 0 Å². The van der Waals surface area contributed by atoms with Crippen molar-refractivity contribution in [2.24, 2.45) is 5.73 Å². The predicted octanol–water partition coefficient (Wildman–Crippen LogP) is 0.657. The third-order valence-electron chi connectivity index (χ3n) is 2.46. The Hall–Kier alpha value is -1.10. The summed E-state index contributed by atoms with van der Waals surface area (Å²) in [6.45, 7) is 2.36. The Morgan fingerprint density at radius 3 is 2.44 bits per heavy atom. The summed E-state index contributed by atoms with van der Waals surface area (Å²) in [7, 11) is 0. The molecule has 0 aromatic heterocycles. The zero-order chi connectivity index (χ0) is 12.0. The molecule has 0 radical (unpaired) electrons. The van der Waals surface area contributed by atoms with Crippen molar-refractivity contribution in [2.45, 2.75) is 25.6 Å². The molecule has 16 heavy (non-hydrogen) atoms. The van der Waals surface area contributed by atoms with E-state index in [4.69, 9.17) is 15.6 Å². The van der Waals surface area contributed by atoms with E-state index in [0.29, 0.717) is 13.0 Å². The molecule has 1 aromatic rings. The fourth-order valence-corrected chi connectivity index (χ4v) is 1.18. The van der Waals surface area contributed by atoms with Gasteiger partial charge in [-0.25, -0.2) is 0 Å². The molecule has 1 atom stereocenters. The summed E-state index contributed by atoms with van der Waals surface area (Å²) in [6, 6.07) is 7.19. The van der Waals surface area contributed by atoms with Crippen molar-refractivity contribution < 1.29 is 14.9 Å². The highest BCUT2D eigenvalue weighted by atomic mass is 16.5. The van der Waals surface area contributed by atoms with Gasteiger partial charge in [0.15, 0.2) is 0 Å². The molecular weight excluding hydrogens is 206 g/mol. The minimum atomic E-state index is -0.870. The summed E-state index contributed by atoms with van der Waals surface area (Å²) in [5.74, 6) is 0.727. The third kappa shape index (κ3) is 4.18. The lowest BCUT2D eigenvalue weighted by Crippen LogP contribution is -2.35. The highest BCUT2D eigenvalue weighted by molar-refractivity contribution is 5.26. The second kappa shape index (κ2) is 5.84. The smallest absolute Gasteiger partial charge is 0.119 e. The predicted molar refractivity (Wildman–Crippen MR) is 62.2 cm³/mol. The van der Waals surface area contributed by atoms with Gasteiger partial charge in [-0.05, 0) is 24.6 Å². The number of rotatable bonds is 6. The second-order valence-electron chi connectivity index (χ2n) is 4.10. The van der Waals surface area contributed by atoms with Crippen LogP contribution in [-0.4, -0.2) is 29.0 Å². The third-order valence-corrected chi connectivity index (χ3v) is 2.46. The number of hydrogen-bond donors (Lipinski definition) is 3. The van der Waals surface area contributed by atoms with E-state index in [1.54, 1.807) is 31.2 Å². The molecule has 0 aliphatic carbocycles. The summed E-state index contributed by atoms with van der Waals surface area (Å²) in [5, 5.41) is 18.5. The molecule has 4 N–H and O–H groups in total. The number of ether oxygens (including phenoxy) is 1. The number of hydrogen-bond acceptors (Lipinski definition) is 4. The van der Waals surface area contributed by atoms with E-state index in [0.717, 1.165) is 11.3 Å². The molecule has 0 fully saturated rings. The Bertz CT molecular complexity index is 309. The van der Waals surface area contributed by atoms with Crippen molar-refractivity contribution in [3.05, 3.63) is 29.8 Å². The van der Waals surface area contributed by atoms with Crippen LogP contribution in [0.25, 0.3) is 0 Å². The van der Waals surface area contributed by atoms with E-state index in [9.17, 15) is 5.11 Å². The summed E-state index contributed by atoms with van der Waals surface area (Å²) >= 11 is 0. The summed E-state index contributed by atoms with van der Waals surface area (Å²) < 4.78 is 5.45. The average Bonchev–Trinajstić information content (AvgIpc) is 2.30. The van der Waals surface area contributed by atoms with Crippen molar-refractivity contribution in [3.63, 3.8) is 0 Å². The van der Waals surface area contributed by atoms with Crippen molar-refractivity contribution in [2.75, 3.05) is 13.2 Å². The standard InChI is InChI=1S/C12H19NO3/c1-12(15,9-13)6-7-16-11-4-2-10(8-14)3-5-11/h2-5,14-15H,6-9,13H2,1H3. The molecule has 4 heteroatoms. The SMILES string of the molecule is CC(O)(CN)CCOc1ccc(CO)cc1. The van der Waals surface area contributed by atoms with E-state index >= 15 is 0 Å². The van der Waals surface area contributed by atoms with Gasteiger partial charge >= 0.3 is 0 Å². The highest BCUT2D eigenvalue weighted by Crippen LogP contribution is 2.14. The first-order valence-corrected chi connectivity index (χ1v) is 5.32. The van der Waals surface area contributed by atoms with Crippen molar-refractivity contribution in [3.8, 4) is 5.75 Å². The largest absolute Gasteiger partial charge is 0.493 e. The monoisotopic (exact) mass is 225 g/mol. The maximum Gasteiger partial charge on any atom is 0.119 e. The maximum absolute atomic E-state index is 9.65. The molecule has 0 bridgehead atoms. The van der Waals surface area contributed by atoms with Crippen LogP contribution in [0.2, 0.25) is 0 Å². The van der Waals surface area contributed by atoms with Crippen molar-refractivity contribution in [1.29, 1.82) is 0 Å². The molecule has 4 nitrogen and oxygen atoms in total. The lowest BCUT2D eigenvalue weighted by atomic mass is 10.0. The normalized spacial score (nSPS) is 14.5. The lowest BCUT2D eigenvalue weighted by Gasteiger charge is -2.20. The molecule has 1 rings (SSSR count). The quantitative estimate of drug-likeness (QED) is 0.664. The molecule has 1 aromatic carbocycles.